The summed E-state index contributed by atoms with van der Waals surface area (Å²) in [4.78, 5) is 40.6. The minimum absolute atomic E-state index is 0.0467. The van der Waals surface area contributed by atoms with Crippen LogP contribution in [0.3, 0.4) is 0 Å². The highest BCUT2D eigenvalue weighted by Gasteiger charge is 2.30. The van der Waals surface area contributed by atoms with E-state index in [-0.39, 0.29) is 36.0 Å². The zero-order chi connectivity index (χ0) is 21.7. The van der Waals surface area contributed by atoms with E-state index in [0.29, 0.717) is 37.2 Å². The molecule has 1 heterocycles. The van der Waals surface area contributed by atoms with Gasteiger partial charge in [-0.05, 0) is 65.2 Å². The van der Waals surface area contributed by atoms with Gasteiger partial charge in [0.15, 0.2) is 0 Å². The predicted molar refractivity (Wildman–Crippen MR) is 115 cm³/mol. The molecule has 0 aromatic heterocycles. The molecule has 2 aromatic rings. The number of carbonyl (C=O) groups excluding carboxylic acids is 3. The van der Waals surface area contributed by atoms with Gasteiger partial charge in [-0.3, -0.25) is 14.4 Å². The normalized spacial score (nSPS) is 14.3. The van der Waals surface area contributed by atoms with Crippen LogP contribution in [0.2, 0.25) is 0 Å². The number of anilines is 1. The number of nitrogens with zero attached hydrogens (tertiary/aromatic N) is 2. The van der Waals surface area contributed by atoms with E-state index in [1.807, 2.05) is 18.2 Å². The summed E-state index contributed by atoms with van der Waals surface area (Å²) in [5.41, 5.74) is 1.08. The van der Waals surface area contributed by atoms with Crippen LogP contribution in [0.4, 0.5) is 10.1 Å². The maximum absolute atomic E-state index is 13.0. The van der Waals surface area contributed by atoms with Crippen molar-refractivity contribution in [2.75, 3.05) is 32.0 Å². The Morgan fingerprint density at radius 1 is 1.10 bits per heavy atom. The molecule has 0 aliphatic carbocycles. The third-order valence-corrected chi connectivity index (χ3v) is 5.82. The molecule has 0 radical (unpaired) electrons. The third kappa shape index (κ3) is 5.44. The lowest BCUT2D eigenvalue weighted by molar-refractivity contribution is -0.138. The first-order chi connectivity index (χ1) is 14.3. The van der Waals surface area contributed by atoms with E-state index in [0.717, 1.165) is 4.47 Å². The minimum atomic E-state index is -0.387. The van der Waals surface area contributed by atoms with Gasteiger partial charge in [0.2, 0.25) is 11.8 Å². The average molecular weight is 476 g/mol. The van der Waals surface area contributed by atoms with Gasteiger partial charge in [0.05, 0.1) is 12.2 Å². The lowest BCUT2D eigenvalue weighted by Gasteiger charge is -2.33. The molecule has 0 saturated carbocycles. The van der Waals surface area contributed by atoms with Crippen LogP contribution in [0.1, 0.15) is 23.2 Å². The molecule has 0 spiro atoms. The molecular formula is C22H23BrFN3O3. The van der Waals surface area contributed by atoms with Gasteiger partial charge in [0.1, 0.15) is 5.82 Å². The second kappa shape index (κ2) is 9.84. The summed E-state index contributed by atoms with van der Waals surface area (Å²) >= 11 is 3.37. The van der Waals surface area contributed by atoms with E-state index in [1.54, 1.807) is 18.0 Å². The largest absolute Gasteiger partial charge is 0.339 e. The van der Waals surface area contributed by atoms with Gasteiger partial charge in [-0.25, -0.2) is 4.39 Å². The van der Waals surface area contributed by atoms with Gasteiger partial charge >= 0.3 is 0 Å². The summed E-state index contributed by atoms with van der Waals surface area (Å²) in [5.74, 6) is -1.17. The highest BCUT2D eigenvalue weighted by Crippen LogP contribution is 2.22. The highest BCUT2D eigenvalue weighted by atomic mass is 79.9. The maximum atomic E-state index is 13.0. The first-order valence-corrected chi connectivity index (χ1v) is 10.5. The fourth-order valence-electron chi connectivity index (χ4n) is 3.46. The molecule has 0 unspecified atom stereocenters. The van der Waals surface area contributed by atoms with E-state index < -0.39 is 0 Å². The van der Waals surface area contributed by atoms with Crippen molar-refractivity contribution in [3.05, 3.63) is 64.4 Å². The number of amides is 3. The molecule has 30 heavy (non-hydrogen) atoms. The summed E-state index contributed by atoms with van der Waals surface area (Å²) in [7, 11) is 1.61. The molecule has 158 valence electrons. The fourth-order valence-corrected chi connectivity index (χ4v) is 3.85. The van der Waals surface area contributed by atoms with Crippen LogP contribution in [0, 0.1) is 11.7 Å². The zero-order valence-corrected chi connectivity index (χ0v) is 18.2. The van der Waals surface area contributed by atoms with Crippen LogP contribution in [0.5, 0.6) is 0 Å². The van der Waals surface area contributed by atoms with Crippen LogP contribution in [0.15, 0.2) is 53.0 Å². The molecule has 0 atom stereocenters. The van der Waals surface area contributed by atoms with Crippen LogP contribution < -0.4 is 5.32 Å². The molecule has 3 rings (SSSR count). The van der Waals surface area contributed by atoms with Crippen molar-refractivity contribution in [2.24, 2.45) is 5.92 Å². The number of hydrogen-bond donors (Lipinski definition) is 1. The second-order valence-electron chi connectivity index (χ2n) is 7.30. The van der Waals surface area contributed by atoms with Gasteiger partial charge in [-0.2, -0.15) is 0 Å². The number of halogens is 2. The van der Waals surface area contributed by atoms with Crippen molar-refractivity contribution in [1.82, 2.24) is 9.80 Å². The van der Waals surface area contributed by atoms with Gasteiger partial charge in [-0.1, -0.05) is 12.1 Å². The fraction of sp³-hybridized carbons (Fsp3) is 0.318. The minimum Gasteiger partial charge on any atom is -0.339 e. The lowest BCUT2D eigenvalue weighted by Crippen LogP contribution is -2.45. The van der Waals surface area contributed by atoms with E-state index in [4.69, 9.17) is 0 Å². The number of para-hydroxylation sites is 1. The Morgan fingerprint density at radius 2 is 1.73 bits per heavy atom. The summed E-state index contributed by atoms with van der Waals surface area (Å²) in [6.07, 6.45) is 1.06. The summed E-state index contributed by atoms with van der Waals surface area (Å²) < 4.78 is 13.8. The third-order valence-electron chi connectivity index (χ3n) is 5.13. The van der Waals surface area contributed by atoms with Crippen molar-refractivity contribution < 1.29 is 18.8 Å². The monoisotopic (exact) mass is 475 g/mol. The van der Waals surface area contributed by atoms with Crippen LogP contribution in [-0.4, -0.2) is 54.2 Å². The predicted octanol–water partition coefficient (Wildman–Crippen LogP) is 3.54. The molecule has 1 N–H and O–H groups in total. The van der Waals surface area contributed by atoms with Crippen molar-refractivity contribution in [3.63, 3.8) is 0 Å². The highest BCUT2D eigenvalue weighted by molar-refractivity contribution is 9.10. The number of likely N-dealkylation sites (tertiary alicyclic amines) is 1. The number of piperidine rings is 1. The Bertz CT molecular complexity index is 927. The lowest BCUT2D eigenvalue weighted by atomic mass is 9.95. The molecule has 1 aliphatic heterocycles. The Kier molecular flexibility index (Phi) is 7.20. The summed E-state index contributed by atoms with van der Waals surface area (Å²) in [5, 5.41) is 2.78. The molecule has 1 saturated heterocycles. The standard InChI is InChI=1S/C22H23BrFN3O3/c1-26(14-20(28)25-19-5-3-2-4-18(19)23)21(29)16-10-12-27(13-11-16)22(30)15-6-8-17(24)9-7-15/h2-9,16H,10-14H2,1H3,(H,25,28). The van der Waals surface area contributed by atoms with E-state index in [9.17, 15) is 18.8 Å². The summed E-state index contributed by atoms with van der Waals surface area (Å²) in [6.45, 7) is 0.849. The van der Waals surface area contributed by atoms with E-state index in [1.165, 1.54) is 29.2 Å². The first-order valence-electron chi connectivity index (χ1n) is 9.69. The van der Waals surface area contributed by atoms with Crippen molar-refractivity contribution in [3.8, 4) is 0 Å². The van der Waals surface area contributed by atoms with Crippen molar-refractivity contribution in [1.29, 1.82) is 0 Å². The molecule has 0 bridgehead atoms. The van der Waals surface area contributed by atoms with Crippen molar-refractivity contribution >= 4 is 39.3 Å². The number of benzene rings is 2. The van der Waals surface area contributed by atoms with Gasteiger partial charge in [0.25, 0.3) is 5.91 Å². The average Bonchev–Trinajstić information content (AvgIpc) is 2.75. The van der Waals surface area contributed by atoms with Gasteiger partial charge in [0, 0.05) is 36.1 Å². The van der Waals surface area contributed by atoms with E-state index >= 15 is 0 Å². The molecule has 8 heteroatoms. The topological polar surface area (TPSA) is 69.7 Å². The summed E-state index contributed by atoms with van der Waals surface area (Å²) in [6, 6.07) is 12.7. The number of nitrogens with one attached hydrogen (secondary N) is 1. The zero-order valence-electron chi connectivity index (χ0n) is 16.6. The Morgan fingerprint density at radius 3 is 2.37 bits per heavy atom. The van der Waals surface area contributed by atoms with Crippen LogP contribution >= 0.6 is 15.9 Å². The number of rotatable bonds is 5. The van der Waals surface area contributed by atoms with Crippen LogP contribution in [-0.2, 0) is 9.59 Å². The van der Waals surface area contributed by atoms with Gasteiger partial charge < -0.3 is 15.1 Å². The molecule has 1 aliphatic rings. The van der Waals surface area contributed by atoms with E-state index in [2.05, 4.69) is 21.2 Å². The van der Waals surface area contributed by atoms with Crippen LogP contribution in [0.25, 0.3) is 0 Å². The molecule has 2 aromatic carbocycles. The molecule has 1 fully saturated rings. The molecule has 6 nitrogen and oxygen atoms in total. The first kappa shape index (κ1) is 22.0. The Labute approximate surface area is 183 Å². The SMILES string of the molecule is CN(CC(=O)Nc1ccccc1Br)C(=O)C1CCN(C(=O)c2ccc(F)cc2)CC1. The molecule has 3 amide bonds. The van der Waals surface area contributed by atoms with Gasteiger partial charge in [-0.15, -0.1) is 0 Å². The number of carbonyl (C=O) groups is 3. The molecular weight excluding hydrogens is 453 g/mol. The second-order valence-corrected chi connectivity index (χ2v) is 8.15. The number of likely N-dealkylation sites (N-methyl/N-ethyl adjacent to an activating group) is 1. The maximum Gasteiger partial charge on any atom is 0.253 e. The Hall–Kier alpha value is -2.74. The Balaban J connectivity index is 1.49. The number of hydrogen-bond acceptors (Lipinski definition) is 3. The quantitative estimate of drug-likeness (QED) is 0.718. The van der Waals surface area contributed by atoms with Crippen molar-refractivity contribution in [2.45, 2.75) is 12.8 Å². The smallest absolute Gasteiger partial charge is 0.253 e.